The second-order valence-electron chi connectivity index (χ2n) is 7.72. The molecule has 1 aliphatic rings. The van der Waals surface area contributed by atoms with Crippen LogP contribution in [0.2, 0.25) is 5.02 Å². The molecule has 162 valence electrons. The number of nitrogens with zero attached hydrogens (tertiary/aromatic N) is 1. The Bertz CT molecular complexity index is 1410. The van der Waals surface area contributed by atoms with Gasteiger partial charge < -0.3 is 5.32 Å². The highest BCUT2D eigenvalue weighted by molar-refractivity contribution is 7.90. The van der Waals surface area contributed by atoms with E-state index in [1.54, 1.807) is 61.5 Å². The van der Waals surface area contributed by atoms with E-state index in [4.69, 9.17) is 11.6 Å². The van der Waals surface area contributed by atoms with Gasteiger partial charge in [0.1, 0.15) is 0 Å². The van der Waals surface area contributed by atoms with Crippen molar-refractivity contribution in [1.29, 1.82) is 0 Å². The quantitative estimate of drug-likeness (QED) is 0.542. The van der Waals surface area contributed by atoms with Crippen LogP contribution >= 0.6 is 11.6 Å². The number of halogens is 1. The first kappa shape index (κ1) is 22.0. The van der Waals surface area contributed by atoms with Gasteiger partial charge in [-0.2, -0.15) is 12.8 Å². The standard InChI is InChI=1S/C25H21ClN2O3S/c1-15-12-17(3)24(13-16(15)2)32(30,31)28-22-14-23(27-19-10-8-18(26)9-11-19)25(29)21-7-5-4-6-20(21)22/h4-14,27H,1-3H3/b28-22-. The van der Waals surface area contributed by atoms with Crippen molar-refractivity contribution in [1.82, 2.24) is 0 Å². The number of ketones is 1. The van der Waals surface area contributed by atoms with Crippen LogP contribution in [0.15, 0.2) is 81.7 Å². The number of carbonyl (C=O) groups excluding carboxylic acids is 1. The van der Waals surface area contributed by atoms with Crippen LogP contribution in [0.1, 0.15) is 32.6 Å². The number of rotatable bonds is 4. The molecule has 1 aliphatic carbocycles. The smallest absolute Gasteiger partial charge is 0.283 e. The molecular weight excluding hydrogens is 444 g/mol. The average Bonchev–Trinajstić information content (AvgIpc) is 2.75. The molecule has 32 heavy (non-hydrogen) atoms. The van der Waals surface area contributed by atoms with Crippen molar-refractivity contribution in [2.45, 2.75) is 25.7 Å². The summed E-state index contributed by atoms with van der Waals surface area (Å²) in [7, 11) is -4.01. The van der Waals surface area contributed by atoms with Gasteiger partial charge in [0.05, 0.1) is 16.3 Å². The molecule has 0 fully saturated rings. The maximum atomic E-state index is 13.2. The molecule has 0 heterocycles. The van der Waals surface area contributed by atoms with Gasteiger partial charge in [0, 0.05) is 21.8 Å². The molecule has 0 aromatic heterocycles. The third-order valence-corrected chi connectivity index (χ3v) is 7.07. The predicted molar refractivity (Wildman–Crippen MR) is 128 cm³/mol. The van der Waals surface area contributed by atoms with Gasteiger partial charge in [-0.05, 0) is 73.9 Å². The number of sulfonamides is 1. The maximum absolute atomic E-state index is 13.2. The predicted octanol–water partition coefficient (Wildman–Crippen LogP) is 5.64. The zero-order valence-corrected chi connectivity index (χ0v) is 19.4. The van der Waals surface area contributed by atoms with E-state index >= 15 is 0 Å². The molecule has 0 saturated carbocycles. The fourth-order valence-electron chi connectivity index (χ4n) is 3.58. The minimum absolute atomic E-state index is 0.156. The van der Waals surface area contributed by atoms with E-state index in [1.807, 2.05) is 19.9 Å². The lowest BCUT2D eigenvalue weighted by atomic mass is 9.92. The summed E-state index contributed by atoms with van der Waals surface area (Å²) in [5.74, 6) is -0.241. The van der Waals surface area contributed by atoms with Crippen molar-refractivity contribution in [3.8, 4) is 0 Å². The lowest BCUT2D eigenvalue weighted by Gasteiger charge is -2.19. The SMILES string of the molecule is Cc1cc(C)c(S(=O)(=O)/N=C2/C=C(Nc3ccc(Cl)cc3)C(=O)c3ccccc32)cc1C. The second-order valence-corrected chi connectivity index (χ2v) is 9.73. The lowest BCUT2D eigenvalue weighted by Crippen LogP contribution is -2.22. The lowest BCUT2D eigenvalue weighted by molar-refractivity contribution is 0.103. The number of hydrogen-bond donors (Lipinski definition) is 1. The summed E-state index contributed by atoms with van der Waals surface area (Å²) >= 11 is 5.94. The minimum Gasteiger partial charge on any atom is -0.352 e. The molecule has 0 amide bonds. The van der Waals surface area contributed by atoms with Crippen LogP contribution in [0.3, 0.4) is 0 Å². The van der Waals surface area contributed by atoms with Crippen LogP contribution in [0.5, 0.6) is 0 Å². The topological polar surface area (TPSA) is 75.6 Å². The highest BCUT2D eigenvalue weighted by atomic mass is 35.5. The number of aryl methyl sites for hydroxylation is 3. The van der Waals surface area contributed by atoms with Gasteiger partial charge in [0.25, 0.3) is 10.0 Å². The summed E-state index contributed by atoms with van der Waals surface area (Å²) in [5.41, 5.74) is 4.46. The molecular formula is C25H21ClN2O3S. The highest BCUT2D eigenvalue weighted by Gasteiger charge is 2.27. The van der Waals surface area contributed by atoms with Crippen LogP contribution < -0.4 is 5.32 Å². The van der Waals surface area contributed by atoms with Crippen molar-refractivity contribution in [2.75, 3.05) is 5.32 Å². The van der Waals surface area contributed by atoms with E-state index in [0.29, 0.717) is 27.4 Å². The van der Waals surface area contributed by atoms with Gasteiger partial charge in [0.15, 0.2) is 0 Å². The monoisotopic (exact) mass is 464 g/mol. The number of fused-ring (bicyclic) bond motifs is 1. The van der Waals surface area contributed by atoms with Crippen molar-refractivity contribution in [3.05, 3.63) is 105 Å². The number of benzene rings is 3. The molecule has 0 bridgehead atoms. The number of nitrogens with one attached hydrogen (secondary N) is 1. The Morgan fingerprint density at radius 2 is 1.47 bits per heavy atom. The van der Waals surface area contributed by atoms with Crippen molar-refractivity contribution in [2.24, 2.45) is 4.40 Å². The summed E-state index contributed by atoms with van der Waals surface area (Å²) in [6, 6.07) is 17.2. The third-order valence-electron chi connectivity index (χ3n) is 5.38. The van der Waals surface area contributed by atoms with Gasteiger partial charge in [-0.15, -0.1) is 0 Å². The number of hydrogen-bond acceptors (Lipinski definition) is 4. The molecule has 7 heteroatoms. The second kappa shape index (κ2) is 8.37. The van der Waals surface area contributed by atoms with E-state index in [-0.39, 0.29) is 22.1 Å². The van der Waals surface area contributed by atoms with Gasteiger partial charge >= 0.3 is 0 Å². The normalized spacial score (nSPS) is 14.8. The largest absolute Gasteiger partial charge is 0.352 e. The Labute approximate surface area is 192 Å². The number of anilines is 1. The molecule has 1 N–H and O–H groups in total. The molecule has 3 aromatic rings. The Balaban J connectivity index is 1.84. The average molecular weight is 465 g/mol. The van der Waals surface area contributed by atoms with Crippen LogP contribution in [-0.2, 0) is 10.0 Å². The van der Waals surface area contributed by atoms with Gasteiger partial charge in [0.2, 0.25) is 5.78 Å². The minimum atomic E-state index is -4.01. The molecule has 0 unspecified atom stereocenters. The van der Waals surface area contributed by atoms with E-state index in [1.165, 1.54) is 6.08 Å². The molecule has 0 radical (unpaired) electrons. The van der Waals surface area contributed by atoms with E-state index in [0.717, 1.165) is 11.1 Å². The van der Waals surface area contributed by atoms with Crippen LogP contribution in [0.25, 0.3) is 0 Å². The Morgan fingerprint density at radius 3 is 2.16 bits per heavy atom. The van der Waals surface area contributed by atoms with Crippen molar-refractivity contribution < 1.29 is 13.2 Å². The fraction of sp³-hybridized carbons (Fsp3) is 0.120. The first-order valence-electron chi connectivity index (χ1n) is 9.97. The summed E-state index contributed by atoms with van der Waals surface area (Å²) in [6.45, 7) is 5.55. The maximum Gasteiger partial charge on any atom is 0.283 e. The zero-order valence-electron chi connectivity index (χ0n) is 17.8. The first-order valence-corrected chi connectivity index (χ1v) is 11.8. The van der Waals surface area contributed by atoms with E-state index in [2.05, 4.69) is 9.71 Å². The Hall–Kier alpha value is -3.22. The number of carbonyl (C=O) groups is 1. The Morgan fingerprint density at radius 1 is 0.844 bits per heavy atom. The van der Waals surface area contributed by atoms with Crippen molar-refractivity contribution >= 4 is 38.8 Å². The number of Topliss-reactive ketones (excluding diaryl/α,β-unsaturated/α-hetero) is 1. The summed E-state index contributed by atoms with van der Waals surface area (Å²) in [4.78, 5) is 13.2. The molecule has 3 aromatic carbocycles. The summed E-state index contributed by atoms with van der Waals surface area (Å²) in [6.07, 6.45) is 1.48. The molecule has 0 aliphatic heterocycles. The molecule has 0 spiro atoms. The summed E-state index contributed by atoms with van der Waals surface area (Å²) < 4.78 is 30.6. The number of allylic oxidation sites excluding steroid dienone is 2. The van der Waals surface area contributed by atoms with Gasteiger partial charge in [-0.3, -0.25) is 4.79 Å². The molecule has 5 nitrogen and oxygen atoms in total. The van der Waals surface area contributed by atoms with E-state index < -0.39 is 10.0 Å². The molecule has 4 rings (SSSR count). The first-order chi connectivity index (χ1) is 15.2. The fourth-order valence-corrected chi connectivity index (χ4v) is 5.00. The highest BCUT2D eigenvalue weighted by Crippen LogP contribution is 2.27. The van der Waals surface area contributed by atoms with Crippen LogP contribution in [0.4, 0.5) is 5.69 Å². The Kier molecular flexibility index (Phi) is 5.75. The summed E-state index contributed by atoms with van der Waals surface area (Å²) in [5, 5.41) is 3.63. The third kappa shape index (κ3) is 4.24. The van der Waals surface area contributed by atoms with Gasteiger partial charge in [-0.1, -0.05) is 41.9 Å². The van der Waals surface area contributed by atoms with Gasteiger partial charge in [-0.25, -0.2) is 0 Å². The zero-order chi connectivity index (χ0) is 23.0. The molecule has 0 atom stereocenters. The van der Waals surface area contributed by atoms with Crippen LogP contribution in [-0.4, -0.2) is 19.9 Å². The molecule has 0 saturated heterocycles. The van der Waals surface area contributed by atoms with Crippen molar-refractivity contribution in [3.63, 3.8) is 0 Å². The van der Waals surface area contributed by atoms with E-state index in [9.17, 15) is 13.2 Å². The van der Waals surface area contributed by atoms with Crippen LogP contribution in [0, 0.1) is 20.8 Å².